The average molecular weight is 345 g/mol. The minimum Gasteiger partial charge on any atom is -0.300 e. The molecular formula is C19H25ClN4. The van der Waals surface area contributed by atoms with Gasteiger partial charge >= 0.3 is 0 Å². The third kappa shape index (κ3) is 3.65. The van der Waals surface area contributed by atoms with Crippen molar-refractivity contribution in [3.8, 4) is 0 Å². The van der Waals surface area contributed by atoms with Gasteiger partial charge in [-0.15, -0.1) is 5.10 Å². The van der Waals surface area contributed by atoms with E-state index in [1.165, 1.54) is 36.9 Å². The maximum absolute atomic E-state index is 5.97. The molecule has 24 heavy (non-hydrogen) atoms. The van der Waals surface area contributed by atoms with Crippen LogP contribution in [-0.4, -0.2) is 39.0 Å². The third-order valence-corrected chi connectivity index (χ3v) is 5.72. The summed E-state index contributed by atoms with van der Waals surface area (Å²) in [6, 6.07) is 9.32. The zero-order valence-electron chi connectivity index (χ0n) is 14.2. The predicted octanol–water partition coefficient (Wildman–Crippen LogP) is 4.08. The van der Waals surface area contributed by atoms with E-state index in [4.69, 9.17) is 11.6 Å². The first-order valence-corrected chi connectivity index (χ1v) is 9.47. The van der Waals surface area contributed by atoms with Crippen LogP contribution in [0.4, 0.5) is 0 Å². The molecule has 0 N–H and O–H groups in total. The smallest absolute Gasteiger partial charge is 0.0858 e. The number of aromatic nitrogens is 3. The quantitative estimate of drug-likeness (QED) is 0.819. The van der Waals surface area contributed by atoms with Crippen LogP contribution in [0.15, 0.2) is 30.5 Å². The Morgan fingerprint density at radius 2 is 1.83 bits per heavy atom. The molecule has 0 bridgehead atoms. The van der Waals surface area contributed by atoms with Gasteiger partial charge in [-0.25, -0.2) is 4.68 Å². The third-order valence-electron chi connectivity index (χ3n) is 5.46. The van der Waals surface area contributed by atoms with Crippen molar-refractivity contribution in [3.05, 3.63) is 46.7 Å². The van der Waals surface area contributed by atoms with Gasteiger partial charge in [0.1, 0.15) is 0 Å². The summed E-state index contributed by atoms with van der Waals surface area (Å²) in [4.78, 5) is 2.60. The minimum atomic E-state index is 0.518. The number of hydrogen-bond acceptors (Lipinski definition) is 3. The Labute approximate surface area is 148 Å². The highest BCUT2D eigenvalue weighted by Gasteiger charge is 2.29. The zero-order valence-corrected chi connectivity index (χ0v) is 15.0. The van der Waals surface area contributed by atoms with Gasteiger partial charge in [-0.2, -0.15) is 0 Å². The van der Waals surface area contributed by atoms with Crippen LogP contribution in [0.25, 0.3) is 0 Å². The Kier molecular flexibility index (Phi) is 4.59. The van der Waals surface area contributed by atoms with Gasteiger partial charge in [0.05, 0.1) is 11.7 Å². The SMILES string of the molecule is CC(Cc1ccc(Cl)cc1)N1CCC(n2cc(C3CC3)nn2)CC1. The van der Waals surface area contributed by atoms with Crippen LogP contribution >= 0.6 is 11.6 Å². The molecule has 1 aromatic heterocycles. The summed E-state index contributed by atoms with van der Waals surface area (Å²) >= 11 is 5.97. The van der Waals surface area contributed by atoms with E-state index in [2.05, 4.69) is 45.1 Å². The number of nitrogens with zero attached hydrogens (tertiary/aromatic N) is 4. The Hall–Kier alpha value is -1.39. The van der Waals surface area contributed by atoms with Crippen LogP contribution in [0, 0.1) is 0 Å². The summed E-state index contributed by atoms with van der Waals surface area (Å²) in [5.41, 5.74) is 2.56. The maximum Gasteiger partial charge on any atom is 0.0858 e. The molecule has 1 aliphatic heterocycles. The van der Waals surface area contributed by atoms with Gasteiger partial charge in [0.15, 0.2) is 0 Å². The van der Waals surface area contributed by atoms with Crippen LogP contribution in [0.3, 0.4) is 0 Å². The molecule has 1 unspecified atom stereocenters. The monoisotopic (exact) mass is 344 g/mol. The highest BCUT2D eigenvalue weighted by Crippen LogP contribution is 2.39. The molecule has 2 aliphatic rings. The summed E-state index contributed by atoms with van der Waals surface area (Å²) in [5, 5.41) is 9.55. The van der Waals surface area contributed by atoms with Crippen molar-refractivity contribution >= 4 is 11.6 Å². The molecule has 1 atom stereocenters. The van der Waals surface area contributed by atoms with E-state index in [0.717, 1.165) is 24.5 Å². The van der Waals surface area contributed by atoms with Gasteiger partial charge in [0.25, 0.3) is 0 Å². The lowest BCUT2D eigenvalue weighted by Gasteiger charge is -2.36. The number of halogens is 1. The summed E-state index contributed by atoms with van der Waals surface area (Å²) in [6.07, 6.45) is 8.18. The summed E-state index contributed by atoms with van der Waals surface area (Å²) < 4.78 is 2.12. The summed E-state index contributed by atoms with van der Waals surface area (Å²) in [6.45, 7) is 4.60. The van der Waals surface area contributed by atoms with Crippen LogP contribution in [0.1, 0.15) is 55.8 Å². The van der Waals surface area contributed by atoms with Crippen molar-refractivity contribution in [2.24, 2.45) is 0 Å². The van der Waals surface area contributed by atoms with E-state index in [1.54, 1.807) is 0 Å². The molecule has 2 heterocycles. The summed E-state index contributed by atoms with van der Waals surface area (Å²) in [5.74, 6) is 0.693. The first-order valence-electron chi connectivity index (χ1n) is 9.09. The Morgan fingerprint density at radius 3 is 2.50 bits per heavy atom. The second kappa shape index (κ2) is 6.85. The highest BCUT2D eigenvalue weighted by atomic mass is 35.5. The second-order valence-electron chi connectivity index (χ2n) is 7.34. The fourth-order valence-electron chi connectivity index (χ4n) is 3.72. The Balaban J connectivity index is 1.30. The molecule has 4 nitrogen and oxygen atoms in total. The largest absolute Gasteiger partial charge is 0.300 e. The van der Waals surface area contributed by atoms with Crippen LogP contribution in [0.5, 0.6) is 0 Å². The number of hydrogen-bond donors (Lipinski definition) is 0. The normalized spacial score (nSPS) is 21.1. The molecular weight excluding hydrogens is 320 g/mol. The molecule has 1 saturated heterocycles. The topological polar surface area (TPSA) is 34.0 Å². The first-order chi connectivity index (χ1) is 11.7. The minimum absolute atomic E-state index is 0.518. The van der Waals surface area contributed by atoms with Crippen molar-refractivity contribution in [2.45, 2.75) is 57.0 Å². The summed E-state index contributed by atoms with van der Waals surface area (Å²) in [7, 11) is 0. The van der Waals surface area contributed by atoms with Crippen LogP contribution < -0.4 is 0 Å². The molecule has 2 fully saturated rings. The lowest BCUT2D eigenvalue weighted by Crippen LogP contribution is -2.41. The Morgan fingerprint density at radius 1 is 1.12 bits per heavy atom. The number of piperidine rings is 1. The van der Waals surface area contributed by atoms with E-state index in [0.29, 0.717) is 18.0 Å². The molecule has 1 aliphatic carbocycles. The predicted molar refractivity (Wildman–Crippen MR) is 96.5 cm³/mol. The maximum atomic E-state index is 5.97. The van der Waals surface area contributed by atoms with E-state index in [9.17, 15) is 0 Å². The lowest BCUT2D eigenvalue weighted by molar-refractivity contribution is 0.137. The Bertz CT molecular complexity index is 669. The number of likely N-dealkylation sites (tertiary alicyclic amines) is 1. The molecule has 128 valence electrons. The van der Waals surface area contributed by atoms with Crippen molar-refractivity contribution in [1.82, 2.24) is 19.9 Å². The van der Waals surface area contributed by atoms with Crippen LogP contribution in [0.2, 0.25) is 5.02 Å². The van der Waals surface area contributed by atoms with Crippen molar-refractivity contribution < 1.29 is 0 Å². The van der Waals surface area contributed by atoms with E-state index in [1.807, 2.05) is 12.1 Å². The molecule has 2 aromatic rings. The van der Waals surface area contributed by atoms with E-state index in [-0.39, 0.29) is 0 Å². The second-order valence-corrected chi connectivity index (χ2v) is 7.78. The molecule has 0 radical (unpaired) electrons. The van der Waals surface area contributed by atoms with Gasteiger partial charge in [0.2, 0.25) is 0 Å². The van der Waals surface area contributed by atoms with Crippen molar-refractivity contribution in [1.29, 1.82) is 0 Å². The molecule has 1 saturated carbocycles. The van der Waals surface area contributed by atoms with Gasteiger partial charge in [-0.05, 0) is 56.7 Å². The number of rotatable bonds is 5. The van der Waals surface area contributed by atoms with Crippen LogP contribution in [-0.2, 0) is 6.42 Å². The fraction of sp³-hybridized carbons (Fsp3) is 0.579. The van der Waals surface area contributed by atoms with Gasteiger partial charge < -0.3 is 4.90 Å². The van der Waals surface area contributed by atoms with Crippen molar-refractivity contribution in [2.75, 3.05) is 13.1 Å². The first kappa shape index (κ1) is 16.1. The average Bonchev–Trinajstić information content (AvgIpc) is 3.34. The molecule has 0 spiro atoms. The molecule has 5 heteroatoms. The van der Waals surface area contributed by atoms with E-state index >= 15 is 0 Å². The fourth-order valence-corrected chi connectivity index (χ4v) is 3.84. The zero-order chi connectivity index (χ0) is 16.5. The van der Waals surface area contributed by atoms with E-state index < -0.39 is 0 Å². The molecule has 4 rings (SSSR count). The van der Waals surface area contributed by atoms with Gasteiger partial charge in [-0.3, -0.25) is 0 Å². The molecule has 0 amide bonds. The standard InChI is InChI=1S/C19H25ClN4/c1-14(12-15-2-6-17(20)7-3-15)23-10-8-18(9-11-23)24-13-19(21-22-24)16-4-5-16/h2-3,6-7,13-14,16,18H,4-5,8-12H2,1H3. The molecule has 1 aromatic carbocycles. The van der Waals surface area contributed by atoms with Gasteiger partial charge in [-0.1, -0.05) is 28.9 Å². The highest BCUT2D eigenvalue weighted by molar-refractivity contribution is 6.30. The van der Waals surface area contributed by atoms with Gasteiger partial charge in [0, 0.05) is 36.3 Å². The lowest BCUT2D eigenvalue weighted by atomic mass is 10.0. The number of benzene rings is 1. The van der Waals surface area contributed by atoms with Crippen molar-refractivity contribution in [3.63, 3.8) is 0 Å².